The van der Waals surface area contributed by atoms with Crippen LogP contribution in [-0.4, -0.2) is 48.7 Å². The van der Waals surface area contributed by atoms with Gasteiger partial charge in [-0.1, -0.05) is 0 Å². The molecule has 0 amide bonds. The molecule has 0 radical (unpaired) electrons. The predicted molar refractivity (Wildman–Crippen MR) is 13.0 cm³/mol. The fourth-order valence-electron chi connectivity index (χ4n) is 0. The van der Waals surface area contributed by atoms with Gasteiger partial charge in [0, 0.05) is 0 Å². The molecule has 5 heteroatoms. The first-order valence-electron chi connectivity index (χ1n) is 0. The Morgan fingerprint density at radius 2 is 0.600 bits per heavy atom. The molecule has 0 spiro atoms. The van der Waals surface area contributed by atoms with Crippen molar-refractivity contribution in [3.63, 3.8) is 0 Å². The molecule has 0 bridgehead atoms. The van der Waals surface area contributed by atoms with Gasteiger partial charge in [-0.3, -0.25) is 0 Å². The molecular formula is H4CaI2O2. The molecule has 0 fully saturated rings. The van der Waals surface area contributed by atoms with E-state index in [1.165, 1.54) is 0 Å². The Kier molecular flexibility index (Phi) is 293. The van der Waals surface area contributed by atoms with Crippen LogP contribution in [0.15, 0.2) is 0 Å². The van der Waals surface area contributed by atoms with Crippen molar-refractivity contribution in [2.45, 2.75) is 0 Å². The third-order valence-corrected chi connectivity index (χ3v) is 0. The topological polar surface area (TPSA) is 63.0 Å². The Labute approximate surface area is 94.7 Å². The van der Waals surface area contributed by atoms with Gasteiger partial charge in [0.1, 0.15) is 0 Å². The molecule has 0 aromatic carbocycles. The normalized spacial score (nSPS) is 0. The van der Waals surface area contributed by atoms with E-state index in [0.29, 0.717) is 0 Å². The minimum absolute atomic E-state index is 0. The molecule has 0 aromatic heterocycles. The van der Waals surface area contributed by atoms with Crippen LogP contribution in [0.1, 0.15) is 0 Å². The van der Waals surface area contributed by atoms with E-state index in [4.69, 9.17) is 0 Å². The van der Waals surface area contributed by atoms with Crippen LogP contribution in [0.25, 0.3) is 0 Å². The monoisotopic (exact) mass is 330 g/mol. The third-order valence-electron chi connectivity index (χ3n) is 0. The van der Waals surface area contributed by atoms with Gasteiger partial charge in [0.2, 0.25) is 0 Å². The standard InChI is InChI=1S/Ca.2HI.2H2O/h;2*1H;2*1H2/q+2;;;;/p-2. The van der Waals surface area contributed by atoms with Crippen molar-refractivity contribution in [2.75, 3.05) is 0 Å². The summed E-state index contributed by atoms with van der Waals surface area (Å²) in [6.45, 7) is 0. The van der Waals surface area contributed by atoms with E-state index < -0.39 is 0 Å². The van der Waals surface area contributed by atoms with Crippen LogP contribution in [-0.2, 0) is 0 Å². The average Bonchev–Trinajstić information content (AvgIpc) is 0. The number of hydrogen-bond donors (Lipinski definition) is 0. The van der Waals surface area contributed by atoms with Gasteiger partial charge in [-0.05, 0) is 0 Å². The molecule has 0 aliphatic rings. The van der Waals surface area contributed by atoms with Crippen molar-refractivity contribution in [2.24, 2.45) is 0 Å². The zero-order chi connectivity index (χ0) is 0. The van der Waals surface area contributed by atoms with Crippen LogP contribution in [0.4, 0.5) is 0 Å². The van der Waals surface area contributed by atoms with Gasteiger partial charge in [-0.25, -0.2) is 0 Å². The van der Waals surface area contributed by atoms with E-state index in [9.17, 15) is 0 Å². The molecule has 2 nitrogen and oxygen atoms in total. The molecule has 0 aliphatic carbocycles. The Morgan fingerprint density at radius 1 is 0.600 bits per heavy atom. The van der Waals surface area contributed by atoms with Crippen LogP contribution >= 0.6 is 0 Å². The minimum atomic E-state index is 0. The Hall–Kier alpha value is 2.64. The van der Waals surface area contributed by atoms with Crippen LogP contribution in [0.5, 0.6) is 0 Å². The summed E-state index contributed by atoms with van der Waals surface area (Å²) < 4.78 is 0. The predicted octanol–water partition coefficient (Wildman–Crippen LogP) is -8.02. The summed E-state index contributed by atoms with van der Waals surface area (Å²) in [5.74, 6) is 0. The molecule has 0 heterocycles. The van der Waals surface area contributed by atoms with E-state index in [0.717, 1.165) is 0 Å². The maximum absolute atomic E-state index is 0. The summed E-state index contributed by atoms with van der Waals surface area (Å²) in [6, 6.07) is 0. The van der Waals surface area contributed by atoms with Crippen molar-refractivity contribution >= 4 is 37.7 Å². The van der Waals surface area contributed by atoms with E-state index >= 15 is 0 Å². The van der Waals surface area contributed by atoms with Crippen molar-refractivity contribution < 1.29 is 58.9 Å². The fourth-order valence-corrected chi connectivity index (χ4v) is 0. The molecule has 32 valence electrons. The second-order valence-electron chi connectivity index (χ2n) is 0. The maximum atomic E-state index is 0. The molecule has 0 rings (SSSR count). The SMILES string of the molecule is O.O.[Ca+2].[I-].[I-]. The summed E-state index contributed by atoms with van der Waals surface area (Å²) in [4.78, 5) is 0. The summed E-state index contributed by atoms with van der Waals surface area (Å²) in [5, 5.41) is 0. The zero-order valence-electron chi connectivity index (χ0n) is 2.46. The van der Waals surface area contributed by atoms with E-state index in [1.54, 1.807) is 0 Å². The Bertz CT molecular complexity index is 7.61. The maximum Gasteiger partial charge on any atom is 2.00 e. The van der Waals surface area contributed by atoms with Crippen LogP contribution < -0.4 is 48.0 Å². The number of hydrogen-bond acceptors (Lipinski definition) is 0. The van der Waals surface area contributed by atoms with Gasteiger partial charge in [0.25, 0.3) is 0 Å². The zero-order valence-corrected chi connectivity index (χ0v) is 8.99. The number of rotatable bonds is 0. The van der Waals surface area contributed by atoms with Crippen LogP contribution in [0, 0.1) is 0 Å². The summed E-state index contributed by atoms with van der Waals surface area (Å²) in [7, 11) is 0. The molecule has 0 saturated heterocycles. The molecule has 0 atom stereocenters. The average molecular weight is 330 g/mol. The fraction of sp³-hybridized carbons (Fsp3) is 0. The molecule has 0 saturated carbocycles. The molecule has 0 aliphatic heterocycles. The van der Waals surface area contributed by atoms with Gasteiger partial charge in [-0.2, -0.15) is 0 Å². The first-order chi connectivity index (χ1) is 0. The van der Waals surface area contributed by atoms with E-state index in [2.05, 4.69) is 0 Å². The van der Waals surface area contributed by atoms with Crippen molar-refractivity contribution in [3.8, 4) is 0 Å². The first-order valence-corrected chi connectivity index (χ1v) is 0. The summed E-state index contributed by atoms with van der Waals surface area (Å²) in [5.41, 5.74) is 0. The molecule has 0 unspecified atom stereocenters. The van der Waals surface area contributed by atoms with Crippen molar-refractivity contribution in [1.29, 1.82) is 0 Å². The van der Waals surface area contributed by atoms with Gasteiger partial charge < -0.3 is 58.9 Å². The number of halogens is 2. The molecule has 0 aromatic rings. The largest absolute Gasteiger partial charge is 2.00 e. The van der Waals surface area contributed by atoms with Gasteiger partial charge in [0.05, 0.1) is 0 Å². The van der Waals surface area contributed by atoms with Crippen molar-refractivity contribution in [3.05, 3.63) is 0 Å². The van der Waals surface area contributed by atoms with E-state index in [-0.39, 0.29) is 96.6 Å². The van der Waals surface area contributed by atoms with Crippen molar-refractivity contribution in [1.82, 2.24) is 0 Å². The van der Waals surface area contributed by atoms with Gasteiger partial charge in [0.15, 0.2) is 0 Å². The molecular weight excluding hydrogens is 326 g/mol. The smallest absolute Gasteiger partial charge is 1.00 e. The van der Waals surface area contributed by atoms with Crippen LogP contribution in [0.3, 0.4) is 0 Å². The third kappa shape index (κ3) is 20.5. The summed E-state index contributed by atoms with van der Waals surface area (Å²) in [6.07, 6.45) is 0. The minimum Gasteiger partial charge on any atom is -1.00 e. The quantitative estimate of drug-likeness (QED) is 0.313. The first kappa shape index (κ1) is 48.3. The molecule has 5 heavy (non-hydrogen) atoms. The second-order valence-corrected chi connectivity index (χ2v) is 0. The second kappa shape index (κ2) is 30.3. The van der Waals surface area contributed by atoms with Gasteiger partial charge >= 0.3 is 37.7 Å². The van der Waals surface area contributed by atoms with Crippen LogP contribution in [0.2, 0.25) is 0 Å². The van der Waals surface area contributed by atoms with Gasteiger partial charge in [-0.15, -0.1) is 0 Å². The Morgan fingerprint density at radius 3 is 0.600 bits per heavy atom. The van der Waals surface area contributed by atoms with E-state index in [1.807, 2.05) is 0 Å². The molecule has 4 N–H and O–H groups in total. The Balaban J connectivity index is 0. The summed E-state index contributed by atoms with van der Waals surface area (Å²) >= 11 is 0.